The van der Waals surface area contributed by atoms with Gasteiger partial charge < -0.3 is 26.5 Å². The quantitative estimate of drug-likeness (QED) is 0.160. The average molecular weight is 217 g/mol. The monoisotopic (exact) mass is 217 g/mol. The molecule has 1 rings (SSSR count). The highest BCUT2D eigenvalue weighted by Gasteiger charge is 2.42. The first kappa shape index (κ1) is 12.2. The van der Waals surface area contributed by atoms with Gasteiger partial charge in [-0.2, -0.15) is 0 Å². The number of nitrogens with two attached hydrogens (primary N) is 1. The Labute approximate surface area is 88.8 Å². The highest BCUT2D eigenvalue weighted by molar-refractivity contribution is 5.80. The number of aliphatic hydroxyl groups is 2. The third-order valence-electron chi connectivity index (χ3n) is 2.73. The zero-order valence-corrected chi connectivity index (χ0v) is 8.69. The number of nitrogens with one attached hydrogen (secondary N) is 1. The van der Waals surface area contributed by atoms with Crippen LogP contribution in [0.3, 0.4) is 0 Å². The van der Waals surface area contributed by atoms with E-state index < -0.39 is 6.10 Å². The normalized spacial score (nSPS) is 21.3. The third-order valence-corrected chi connectivity index (χ3v) is 2.73. The van der Waals surface area contributed by atoms with E-state index in [9.17, 15) is 0 Å². The van der Waals surface area contributed by atoms with Crippen molar-refractivity contribution in [2.45, 2.75) is 25.4 Å². The zero-order valence-electron chi connectivity index (χ0n) is 8.69. The van der Waals surface area contributed by atoms with Crippen molar-refractivity contribution in [3.05, 3.63) is 0 Å². The van der Waals surface area contributed by atoms with Crippen LogP contribution in [0.2, 0.25) is 0 Å². The van der Waals surface area contributed by atoms with Crippen LogP contribution in [-0.2, 0) is 0 Å². The fourth-order valence-electron chi connectivity index (χ4n) is 1.58. The van der Waals surface area contributed by atoms with E-state index >= 15 is 0 Å². The van der Waals surface area contributed by atoms with Gasteiger partial charge in [0.05, 0.1) is 12.7 Å². The topological polar surface area (TPSA) is 111 Å². The summed E-state index contributed by atoms with van der Waals surface area (Å²) in [5.41, 5.74) is 5.53. The molecule has 6 nitrogen and oxygen atoms in total. The summed E-state index contributed by atoms with van der Waals surface area (Å²) in [6.07, 6.45) is 1.95. The van der Waals surface area contributed by atoms with E-state index in [0.717, 1.165) is 19.4 Å². The van der Waals surface area contributed by atoms with E-state index in [2.05, 4.69) is 10.5 Å². The lowest BCUT2D eigenvalue weighted by Crippen LogP contribution is -2.34. The van der Waals surface area contributed by atoms with Crippen molar-refractivity contribution in [1.82, 2.24) is 5.32 Å². The van der Waals surface area contributed by atoms with Crippen molar-refractivity contribution >= 4 is 5.84 Å². The number of oxime groups is 1. The summed E-state index contributed by atoms with van der Waals surface area (Å²) < 4.78 is 0. The predicted octanol–water partition coefficient (Wildman–Crippen LogP) is -1.15. The maximum atomic E-state index is 9.10. The molecule has 1 saturated carbocycles. The molecular weight excluding hydrogens is 198 g/mol. The molecular formula is C9H19N3O3. The van der Waals surface area contributed by atoms with Gasteiger partial charge in [-0.15, -0.1) is 0 Å². The fourth-order valence-corrected chi connectivity index (χ4v) is 1.58. The van der Waals surface area contributed by atoms with Gasteiger partial charge in [0.1, 0.15) is 5.84 Å². The highest BCUT2D eigenvalue weighted by Crippen LogP contribution is 2.48. The molecule has 0 saturated heterocycles. The Kier molecular flexibility index (Phi) is 4.31. The van der Waals surface area contributed by atoms with E-state index in [0.29, 0.717) is 13.0 Å². The summed E-state index contributed by atoms with van der Waals surface area (Å²) in [6.45, 7) is 0.856. The van der Waals surface area contributed by atoms with Crippen LogP contribution in [0.4, 0.5) is 0 Å². The molecule has 0 radical (unpaired) electrons. The molecule has 88 valence electrons. The van der Waals surface area contributed by atoms with Crippen molar-refractivity contribution in [3.8, 4) is 0 Å². The van der Waals surface area contributed by atoms with Gasteiger partial charge in [0.2, 0.25) is 0 Å². The molecule has 0 spiro atoms. The maximum Gasteiger partial charge on any atom is 0.139 e. The van der Waals surface area contributed by atoms with E-state index in [4.69, 9.17) is 21.2 Å². The minimum atomic E-state index is -0.718. The molecule has 0 amide bonds. The Balaban J connectivity index is 2.20. The number of rotatable bonds is 7. The minimum absolute atomic E-state index is 0.0888. The second-order valence-corrected chi connectivity index (χ2v) is 4.24. The maximum absolute atomic E-state index is 9.10. The number of nitrogens with zero attached hydrogens (tertiary/aromatic N) is 1. The smallest absolute Gasteiger partial charge is 0.139 e. The Hall–Kier alpha value is -0.850. The zero-order chi connectivity index (χ0) is 11.3. The first-order valence-corrected chi connectivity index (χ1v) is 5.08. The summed E-state index contributed by atoms with van der Waals surface area (Å²) in [6, 6.07) is 0. The average Bonchev–Trinajstić information content (AvgIpc) is 2.97. The Morgan fingerprint density at radius 1 is 1.53 bits per heavy atom. The molecule has 6 heteroatoms. The number of amidine groups is 1. The van der Waals surface area contributed by atoms with Crippen LogP contribution >= 0.6 is 0 Å². The molecule has 1 fully saturated rings. The Morgan fingerprint density at radius 3 is 2.67 bits per heavy atom. The summed E-state index contributed by atoms with van der Waals surface area (Å²) in [5, 5.41) is 32.2. The van der Waals surface area contributed by atoms with Crippen LogP contribution in [0.5, 0.6) is 0 Å². The van der Waals surface area contributed by atoms with E-state index in [1.807, 2.05) is 0 Å². The van der Waals surface area contributed by atoms with E-state index in [1.165, 1.54) is 0 Å². The first-order chi connectivity index (χ1) is 7.12. The van der Waals surface area contributed by atoms with Gasteiger partial charge >= 0.3 is 0 Å². The van der Waals surface area contributed by atoms with Crippen LogP contribution in [0.15, 0.2) is 5.16 Å². The summed E-state index contributed by atoms with van der Waals surface area (Å²) in [5.74, 6) is 0.247. The Bertz CT molecular complexity index is 229. The fraction of sp³-hybridized carbons (Fsp3) is 0.889. The largest absolute Gasteiger partial charge is 0.409 e. The van der Waals surface area contributed by atoms with Gasteiger partial charge in [-0.05, 0) is 18.3 Å². The van der Waals surface area contributed by atoms with Gasteiger partial charge in [-0.25, -0.2) is 0 Å². The first-order valence-electron chi connectivity index (χ1n) is 5.08. The Morgan fingerprint density at radius 2 is 2.20 bits per heavy atom. The van der Waals surface area contributed by atoms with E-state index in [1.54, 1.807) is 0 Å². The number of aliphatic hydroxyl groups excluding tert-OH is 2. The standard InChI is InChI=1S/C9H19N3O3/c10-8(12-15)3-9(1-2-9)6-11-4-7(14)5-13/h7,11,13-15H,1-6H2,(H2,10,12). The molecule has 1 atom stereocenters. The van der Waals surface area contributed by atoms with Crippen LogP contribution in [0.1, 0.15) is 19.3 Å². The third kappa shape index (κ3) is 4.03. The highest BCUT2D eigenvalue weighted by atomic mass is 16.4. The summed E-state index contributed by atoms with van der Waals surface area (Å²) in [7, 11) is 0. The van der Waals surface area contributed by atoms with Gasteiger partial charge in [-0.3, -0.25) is 0 Å². The molecule has 0 aliphatic heterocycles. The molecule has 15 heavy (non-hydrogen) atoms. The molecule has 0 aromatic carbocycles. The number of hydrogen-bond donors (Lipinski definition) is 5. The molecule has 1 aliphatic rings. The molecule has 1 unspecified atom stereocenters. The minimum Gasteiger partial charge on any atom is -0.409 e. The molecule has 0 aromatic rings. The predicted molar refractivity (Wildman–Crippen MR) is 55.7 cm³/mol. The van der Waals surface area contributed by atoms with Crippen molar-refractivity contribution < 1.29 is 15.4 Å². The molecule has 0 aromatic heterocycles. The van der Waals surface area contributed by atoms with Gasteiger partial charge in [0.15, 0.2) is 0 Å². The second kappa shape index (κ2) is 5.29. The van der Waals surface area contributed by atoms with Gasteiger partial charge in [0.25, 0.3) is 0 Å². The van der Waals surface area contributed by atoms with Crippen LogP contribution in [0.25, 0.3) is 0 Å². The lowest BCUT2D eigenvalue weighted by molar-refractivity contribution is 0.0933. The van der Waals surface area contributed by atoms with Crippen molar-refractivity contribution in [3.63, 3.8) is 0 Å². The van der Waals surface area contributed by atoms with Crippen LogP contribution in [0, 0.1) is 5.41 Å². The van der Waals surface area contributed by atoms with Crippen molar-refractivity contribution in [2.24, 2.45) is 16.3 Å². The van der Waals surface area contributed by atoms with E-state index in [-0.39, 0.29) is 17.9 Å². The van der Waals surface area contributed by atoms with Crippen molar-refractivity contribution in [2.75, 3.05) is 19.7 Å². The molecule has 0 heterocycles. The second-order valence-electron chi connectivity index (χ2n) is 4.24. The van der Waals surface area contributed by atoms with Gasteiger partial charge in [-0.1, -0.05) is 5.16 Å². The SMILES string of the molecule is NC(CC1(CNCC(O)CO)CC1)=NO. The van der Waals surface area contributed by atoms with Crippen LogP contribution < -0.4 is 11.1 Å². The molecule has 1 aliphatic carbocycles. The lowest BCUT2D eigenvalue weighted by Gasteiger charge is -2.16. The van der Waals surface area contributed by atoms with Crippen LogP contribution in [-0.4, -0.2) is 47.1 Å². The van der Waals surface area contributed by atoms with Crippen molar-refractivity contribution in [1.29, 1.82) is 0 Å². The summed E-state index contributed by atoms with van der Waals surface area (Å²) in [4.78, 5) is 0. The molecule has 6 N–H and O–H groups in total. The molecule has 0 bridgehead atoms. The lowest BCUT2D eigenvalue weighted by atomic mass is 10.0. The van der Waals surface area contributed by atoms with Gasteiger partial charge in [0, 0.05) is 19.5 Å². The summed E-state index contributed by atoms with van der Waals surface area (Å²) >= 11 is 0. The number of hydrogen-bond acceptors (Lipinski definition) is 5.